The third-order valence-electron chi connectivity index (χ3n) is 3.24. The molecule has 0 saturated heterocycles. The SMILES string of the molecule is Cc1ccc(CNc2cccc(C(C)C)c2)c(Br)c1. The molecule has 0 bridgehead atoms. The summed E-state index contributed by atoms with van der Waals surface area (Å²) in [7, 11) is 0. The Morgan fingerprint density at radius 3 is 2.58 bits per heavy atom. The highest BCUT2D eigenvalue weighted by Gasteiger charge is 2.02. The van der Waals surface area contributed by atoms with E-state index in [4.69, 9.17) is 0 Å². The molecule has 0 saturated carbocycles. The molecular weight excluding hydrogens is 298 g/mol. The van der Waals surface area contributed by atoms with Crippen molar-refractivity contribution >= 4 is 21.6 Å². The van der Waals surface area contributed by atoms with Crippen molar-refractivity contribution in [2.45, 2.75) is 33.2 Å². The van der Waals surface area contributed by atoms with Gasteiger partial charge >= 0.3 is 0 Å². The number of hydrogen-bond donors (Lipinski definition) is 1. The number of nitrogens with one attached hydrogen (secondary N) is 1. The largest absolute Gasteiger partial charge is 0.381 e. The van der Waals surface area contributed by atoms with Crippen molar-refractivity contribution < 1.29 is 0 Å². The summed E-state index contributed by atoms with van der Waals surface area (Å²) in [6, 6.07) is 15.1. The predicted molar refractivity (Wildman–Crippen MR) is 86.7 cm³/mol. The molecule has 0 spiro atoms. The molecule has 1 nitrogen and oxygen atoms in total. The van der Waals surface area contributed by atoms with Crippen LogP contribution in [0.1, 0.15) is 36.5 Å². The number of anilines is 1. The van der Waals surface area contributed by atoms with Gasteiger partial charge in [0.15, 0.2) is 0 Å². The van der Waals surface area contributed by atoms with E-state index >= 15 is 0 Å². The summed E-state index contributed by atoms with van der Waals surface area (Å²) in [6.45, 7) is 7.38. The van der Waals surface area contributed by atoms with Crippen molar-refractivity contribution in [1.29, 1.82) is 0 Å². The first-order valence-electron chi connectivity index (χ1n) is 6.65. The lowest BCUT2D eigenvalue weighted by atomic mass is 10.0. The fourth-order valence-corrected chi connectivity index (χ4v) is 2.63. The minimum absolute atomic E-state index is 0.563. The van der Waals surface area contributed by atoms with Crippen LogP contribution in [0, 0.1) is 6.92 Å². The number of halogens is 1. The highest BCUT2D eigenvalue weighted by molar-refractivity contribution is 9.10. The lowest BCUT2D eigenvalue weighted by Crippen LogP contribution is -2.01. The van der Waals surface area contributed by atoms with Gasteiger partial charge in [-0.2, -0.15) is 0 Å². The minimum atomic E-state index is 0.563. The van der Waals surface area contributed by atoms with Crippen molar-refractivity contribution in [3.05, 3.63) is 63.6 Å². The summed E-state index contributed by atoms with van der Waals surface area (Å²) in [5.74, 6) is 0.563. The standard InChI is InChI=1S/C17H20BrN/c1-12(2)14-5-4-6-16(10-14)19-11-15-8-7-13(3)9-17(15)18/h4-10,12,19H,11H2,1-3H3. The van der Waals surface area contributed by atoms with Gasteiger partial charge in [0.05, 0.1) is 0 Å². The minimum Gasteiger partial charge on any atom is -0.381 e. The maximum atomic E-state index is 3.62. The van der Waals surface area contributed by atoms with Crippen LogP contribution >= 0.6 is 15.9 Å². The first-order chi connectivity index (χ1) is 9.06. The number of aryl methyl sites for hydroxylation is 1. The summed E-state index contributed by atoms with van der Waals surface area (Å²) in [5.41, 5.74) is 5.10. The number of hydrogen-bond acceptors (Lipinski definition) is 1. The Morgan fingerprint density at radius 1 is 1.11 bits per heavy atom. The van der Waals surface area contributed by atoms with Crippen molar-refractivity contribution in [2.75, 3.05) is 5.32 Å². The normalized spacial score (nSPS) is 10.8. The molecule has 2 aromatic carbocycles. The van der Waals surface area contributed by atoms with Crippen LogP contribution in [-0.2, 0) is 6.54 Å². The van der Waals surface area contributed by atoms with Gasteiger partial charge in [0, 0.05) is 16.7 Å². The zero-order valence-corrected chi connectivity index (χ0v) is 13.3. The van der Waals surface area contributed by atoms with Gasteiger partial charge in [0.1, 0.15) is 0 Å². The van der Waals surface area contributed by atoms with E-state index in [1.807, 2.05) is 0 Å². The van der Waals surface area contributed by atoms with Gasteiger partial charge in [-0.25, -0.2) is 0 Å². The second-order valence-corrected chi connectivity index (χ2v) is 6.08. The molecule has 0 aromatic heterocycles. The molecule has 0 aliphatic heterocycles. The molecule has 0 aliphatic rings. The Morgan fingerprint density at radius 2 is 1.89 bits per heavy atom. The van der Waals surface area contributed by atoms with Gasteiger partial charge in [0.2, 0.25) is 0 Å². The molecule has 0 radical (unpaired) electrons. The van der Waals surface area contributed by atoms with Crippen LogP contribution in [0.2, 0.25) is 0 Å². The molecule has 0 fully saturated rings. The van der Waals surface area contributed by atoms with E-state index in [-0.39, 0.29) is 0 Å². The average molecular weight is 318 g/mol. The molecule has 0 unspecified atom stereocenters. The second kappa shape index (κ2) is 6.25. The molecular formula is C17H20BrN. The lowest BCUT2D eigenvalue weighted by molar-refractivity contribution is 0.866. The van der Waals surface area contributed by atoms with E-state index in [1.165, 1.54) is 26.9 Å². The van der Waals surface area contributed by atoms with E-state index in [1.54, 1.807) is 0 Å². The van der Waals surface area contributed by atoms with Crippen molar-refractivity contribution in [2.24, 2.45) is 0 Å². The van der Waals surface area contributed by atoms with Gasteiger partial charge in [-0.1, -0.05) is 54.0 Å². The maximum Gasteiger partial charge on any atom is 0.0411 e. The lowest BCUT2D eigenvalue weighted by Gasteiger charge is -2.11. The molecule has 2 aromatic rings. The third-order valence-corrected chi connectivity index (χ3v) is 3.98. The van der Waals surface area contributed by atoms with Crippen LogP contribution in [0.25, 0.3) is 0 Å². The van der Waals surface area contributed by atoms with Crippen LogP contribution in [0.3, 0.4) is 0 Å². The molecule has 0 aliphatic carbocycles. The molecule has 1 N–H and O–H groups in total. The van der Waals surface area contributed by atoms with Gasteiger partial charge in [-0.05, 0) is 47.7 Å². The Kier molecular flexibility index (Phi) is 4.65. The van der Waals surface area contributed by atoms with Crippen LogP contribution in [0.4, 0.5) is 5.69 Å². The molecule has 19 heavy (non-hydrogen) atoms. The van der Waals surface area contributed by atoms with Crippen LogP contribution in [0.15, 0.2) is 46.9 Å². The third kappa shape index (κ3) is 3.84. The smallest absolute Gasteiger partial charge is 0.0411 e. The van der Waals surface area contributed by atoms with Crippen LogP contribution < -0.4 is 5.32 Å². The predicted octanol–water partition coefficient (Wildman–Crippen LogP) is 5.49. The Hall–Kier alpha value is -1.28. The van der Waals surface area contributed by atoms with Gasteiger partial charge in [-0.15, -0.1) is 0 Å². The first kappa shape index (κ1) is 14.1. The Labute approximate surface area is 124 Å². The zero-order valence-electron chi connectivity index (χ0n) is 11.7. The fourth-order valence-electron chi connectivity index (χ4n) is 2.00. The van der Waals surface area contributed by atoms with E-state index in [0.29, 0.717) is 5.92 Å². The van der Waals surface area contributed by atoms with Crippen molar-refractivity contribution in [3.8, 4) is 0 Å². The van der Waals surface area contributed by atoms with Gasteiger partial charge < -0.3 is 5.32 Å². The Balaban J connectivity index is 2.08. The summed E-state index contributed by atoms with van der Waals surface area (Å²) < 4.78 is 1.17. The highest BCUT2D eigenvalue weighted by atomic mass is 79.9. The summed E-state index contributed by atoms with van der Waals surface area (Å²) >= 11 is 3.62. The van der Waals surface area contributed by atoms with E-state index in [2.05, 4.69) is 84.5 Å². The summed E-state index contributed by atoms with van der Waals surface area (Å²) in [6.07, 6.45) is 0. The van der Waals surface area contributed by atoms with E-state index < -0.39 is 0 Å². The summed E-state index contributed by atoms with van der Waals surface area (Å²) in [5, 5.41) is 3.49. The maximum absolute atomic E-state index is 3.62. The van der Waals surface area contributed by atoms with Gasteiger partial charge in [-0.3, -0.25) is 0 Å². The fraction of sp³-hybridized carbons (Fsp3) is 0.294. The average Bonchev–Trinajstić information content (AvgIpc) is 2.38. The number of rotatable bonds is 4. The molecule has 2 heteroatoms. The zero-order chi connectivity index (χ0) is 13.8. The van der Waals surface area contributed by atoms with Crippen LogP contribution in [-0.4, -0.2) is 0 Å². The topological polar surface area (TPSA) is 12.0 Å². The van der Waals surface area contributed by atoms with E-state index in [0.717, 1.165) is 6.54 Å². The molecule has 0 amide bonds. The van der Waals surface area contributed by atoms with Crippen LogP contribution in [0.5, 0.6) is 0 Å². The quantitative estimate of drug-likeness (QED) is 0.785. The van der Waals surface area contributed by atoms with Gasteiger partial charge in [0.25, 0.3) is 0 Å². The molecule has 0 heterocycles. The number of benzene rings is 2. The van der Waals surface area contributed by atoms with Crippen molar-refractivity contribution in [1.82, 2.24) is 0 Å². The first-order valence-corrected chi connectivity index (χ1v) is 7.44. The summed E-state index contributed by atoms with van der Waals surface area (Å²) in [4.78, 5) is 0. The Bertz CT molecular complexity index is 561. The molecule has 0 atom stereocenters. The van der Waals surface area contributed by atoms with E-state index in [9.17, 15) is 0 Å². The molecule has 100 valence electrons. The molecule has 2 rings (SSSR count). The monoisotopic (exact) mass is 317 g/mol. The van der Waals surface area contributed by atoms with Crippen molar-refractivity contribution in [3.63, 3.8) is 0 Å². The highest BCUT2D eigenvalue weighted by Crippen LogP contribution is 2.22. The second-order valence-electron chi connectivity index (χ2n) is 5.23.